The molecule has 2 heterocycles. The van der Waals surface area contributed by atoms with Crippen molar-refractivity contribution in [3.63, 3.8) is 0 Å². The van der Waals surface area contributed by atoms with Crippen LogP contribution in [-0.4, -0.2) is 16.5 Å². The molecule has 1 atom stereocenters. The van der Waals surface area contributed by atoms with Gasteiger partial charge in [-0.15, -0.1) is 0 Å². The van der Waals surface area contributed by atoms with Crippen molar-refractivity contribution in [1.82, 2.24) is 4.98 Å². The lowest BCUT2D eigenvalue weighted by molar-refractivity contribution is 0.267. The van der Waals surface area contributed by atoms with E-state index in [1.54, 1.807) is 24.4 Å². The predicted molar refractivity (Wildman–Crippen MR) is 57.4 cm³/mol. The Kier molecular flexibility index (Phi) is 2.54. The van der Waals surface area contributed by atoms with Crippen molar-refractivity contribution in [2.24, 2.45) is 10.7 Å². The summed E-state index contributed by atoms with van der Waals surface area (Å²) in [6.07, 6.45) is 3.02. The van der Waals surface area contributed by atoms with Gasteiger partial charge in [0.05, 0.1) is 5.69 Å². The normalized spacial score (nSPS) is 25.8. The summed E-state index contributed by atoms with van der Waals surface area (Å²) >= 11 is 5.71. The highest BCUT2D eigenvalue weighted by Crippen LogP contribution is 2.25. The van der Waals surface area contributed by atoms with Crippen molar-refractivity contribution in [2.75, 3.05) is 0 Å². The summed E-state index contributed by atoms with van der Waals surface area (Å²) in [7, 11) is 0. The molecule has 1 aromatic heterocycles. The number of hydrogen-bond acceptors (Lipinski definition) is 3. The van der Waals surface area contributed by atoms with Gasteiger partial charge >= 0.3 is 0 Å². The van der Waals surface area contributed by atoms with Crippen LogP contribution in [0.4, 0.5) is 4.39 Å². The second-order valence-corrected chi connectivity index (χ2v) is 3.66. The maximum absolute atomic E-state index is 13.9. The van der Waals surface area contributed by atoms with Crippen molar-refractivity contribution < 1.29 is 4.39 Å². The number of halogens is 2. The van der Waals surface area contributed by atoms with Crippen molar-refractivity contribution in [2.45, 2.75) is 12.2 Å². The lowest BCUT2D eigenvalue weighted by Gasteiger charge is -2.23. The monoisotopic (exact) mass is 225 g/mol. The summed E-state index contributed by atoms with van der Waals surface area (Å²) in [6, 6.07) is 5.13. The quantitative estimate of drug-likeness (QED) is 0.743. The van der Waals surface area contributed by atoms with Gasteiger partial charge in [-0.25, -0.2) is 9.38 Å². The third-order valence-electron chi connectivity index (χ3n) is 2.09. The largest absolute Gasteiger partial charge is 0.294 e. The third kappa shape index (κ3) is 2.06. The first kappa shape index (κ1) is 10.3. The molecule has 0 fully saturated rings. The van der Waals surface area contributed by atoms with Gasteiger partial charge in [-0.05, 0) is 18.2 Å². The van der Waals surface area contributed by atoms with E-state index in [0.29, 0.717) is 5.69 Å². The fourth-order valence-electron chi connectivity index (χ4n) is 1.35. The zero-order valence-electron chi connectivity index (χ0n) is 7.82. The van der Waals surface area contributed by atoms with Gasteiger partial charge in [0.15, 0.2) is 0 Å². The number of hydrogen-bond donors (Lipinski definition) is 1. The minimum absolute atomic E-state index is 0.0151. The fraction of sp³-hybridized carbons (Fsp3) is 0.200. The molecule has 0 bridgehead atoms. The molecule has 1 aliphatic rings. The minimum atomic E-state index is -1.99. The van der Waals surface area contributed by atoms with Crippen LogP contribution in [0.2, 0.25) is 0 Å². The Morgan fingerprint density at radius 1 is 1.47 bits per heavy atom. The molecule has 0 amide bonds. The van der Waals surface area contributed by atoms with Crippen molar-refractivity contribution in [3.05, 3.63) is 41.3 Å². The van der Waals surface area contributed by atoms with Gasteiger partial charge < -0.3 is 0 Å². The number of alkyl halides is 1. The Hall–Kier alpha value is -1.26. The molecule has 0 saturated heterocycles. The lowest BCUT2D eigenvalue weighted by Crippen LogP contribution is -2.45. The first-order chi connectivity index (χ1) is 7.09. The van der Waals surface area contributed by atoms with Gasteiger partial charge in [-0.2, -0.15) is 0 Å². The molecular formula is C10H9ClFN3. The van der Waals surface area contributed by atoms with Crippen LogP contribution in [0.3, 0.4) is 0 Å². The Bertz CT molecular complexity index is 426. The van der Waals surface area contributed by atoms with E-state index in [4.69, 9.17) is 17.3 Å². The second kappa shape index (κ2) is 3.72. The Morgan fingerprint density at radius 2 is 2.27 bits per heavy atom. The van der Waals surface area contributed by atoms with E-state index in [2.05, 4.69) is 9.98 Å². The molecule has 5 heteroatoms. The predicted octanol–water partition coefficient (Wildman–Crippen LogP) is 1.98. The fourth-order valence-corrected chi connectivity index (χ4v) is 1.51. The second-order valence-electron chi connectivity index (χ2n) is 3.27. The van der Waals surface area contributed by atoms with Gasteiger partial charge in [-0.3, -0.25) is 10.7 Å². The Morgan fingerprint density at radius 3 is 2.93 bits per heavy atom. The number of rotatable bonds is 1. The molecule has 1 aromatic rings. The van der Waals surface area contributed by atoms with Crippen molar-refractivity contribution in [3.8, 4) is 0 Å². The maximum atomic E-state index is 13.9. The van der Waals surface area contributed by atoms with Crippen LogP contribution in [0.15, 0.2) is 40.6 Å². The minimum Gasteiger partial charge on any atom is -0.294 e. The van der Waals surface area contributed by atoms with Gasteiger partial charge in [0.1, 0.15) is 10.9 Å². The first-order valence-electron chi connectivity index (χ1n) is 4.43. The molecule has 0 aliphatic carbocycles. The maximum Gasteiger partial charge on any atom is 0.207 e. The summed E-state index contributed by atoms with van der Waals surface area (Å²) in [6.45, 7) is 0. The molecule has 3 nitrogen and oxygen atoms in total. The Labute approximate surface area is 91.5 Å². The topological polar surface area (TPSA) is 51.3 Å². The van der Waals surface area contributed by atoms with Gasteiger partial charge in [-0.1, -0.05) is 17.7 Å². The van der Waals surface area contributed by atoms with Crippen LogP contribution in [-0.2, 0) is 0 Å². The van der Waals surface area contributed by atoms with E-state index in [1.165, 1.54) is 6.08 Å². The van der Waals surface area contributed by atoms with Gasteiger partial charge in [0.25, 0.3) is 0 Å². The van der Waals surface area contributed by atoms with E-state index in [0.717, 1.165) is 0 Å². The summed E-state index contributed by atoms with van der Waals surface area (Å²) in [5.41, 5.74) is 5.97. The highest BCUT2D eigenvalue weighted by Gasteiger charge is 2.34. The van der Waals surface area contributed by atoms with E-state index < -0.39 is 5.79 Å². The third-order valence-corrected chi connectivity index (χ3v) is 2.33. The molecule has 0 radical (unpaired) electrons. The van der Waals surface area contributed by atoms with Crippen LogP contribution in [0, 0.1) is 0 Å². The SMILES string of the molecule is NC1(F)CC=C(Cl)N=C1c1ccccn1. The van der Waals surface area contributed by atoms with Crippen LogP contribution < -0.4 is 5.73 Å². The van der Waals surface area contributed by atoms with Crippen LogP contribution in [0.5, 0.6) is 0 Å². The average molecular weight is 226 g/mol. The molecule has 0 saturated carbocycles. The first-order valence-corrected chi connectivity index (χ1v) is 4.81. The molecule has 1 aliphatic heterocycles. The van der Waals surface area contributed by atoms with E-state index >= 15 is 0 Å². The van der Waals surface area contributed by atoms with Crippen LogP contribution in [0.1, 0.15) is 12.1 Å². The van der Waals surface area contributed by atoms with E-state index in [9.17, 15) is 4.39 Å². The molecule has 0 aromatic carbocycles. The molecule has 15 heavy (non-hydrogen) atoms. The zero-order chi connectivity index (χ0) is 10.9. The highest BCUT2D eigenvalue weighted by molar-refractivity contribution is 6.31. The van der Waals surface area contributed by atoms with Crippen LogP contribution in [0.25, 0.3) is 0 Å². The van der Waals surface area contributed by atoms with Gasteiger partial charge in [0.2, 0.25) is 5.79 Å². The summed E-state index contributed by atoms with van der Waals surface area (Å²) < 4.78 is 13.9. The summed E-state index contributed by atoms with van der Waals surface area (Å²) in [4.78, 5) is 7.88. The highest BCUT2D eigenvalue weighted by atomic mass is 35.5. The summed E-state index contributed by atoms with van der Waals surface area (Å²) in [5.74, 6) is -1.99. The molecule has 2 rings (SSSR count). The Balaban J connectivity index is 2.47. The molecule has 0 spiro atoms. The number of aromatic nitrogens is 1. The zero-order valence-corrected chi connectivity index (χ0v) is 8.58. The number of nitrogens with two attached hydrogens (primary N) is 1. The molecule has 78 valence electrons. The standard InChI is InChI=1S/C10H9ClFN3/c11-8-4-5-10(12,13)9(15-8)7-3-1-2-6-14-7/h1-4,6H,5,13H2. The summed E-state index contributed by atoms with van der Waals surface area (Å²) in [5, 5.41) is 0.245. The van der Waals surface area contributed by atoms with E-state index in [-0.39, 0.29) is 17.3 Å². The van der Waals surface area contributed by atoms with Crippen molar-refractivity contribution >= 4 is 17.3 Å². The number of nitrogens with zero attached hydrogens (tertiary/aromatic N) is 2. The van der Waals surface area contributed by atoms with E-state index in [1.807, 2.05) is 0 Å². The molecule has 1 unspecified atom stereocenters. The smallest absolute Gasteiger partial charge is 0.207 e. The average Bonchev–Trinajstić information content (AvgIpc) is 2.23. The molecular weight excluding hydrogens is 217 g/mol. The number of aliphatic imine (C=N–C) groups is 1. The van der Waals surface area contributed by atoms with Crippen LogP contribution >= 0.6 is 11.6 Å². The molecule has 2 N–H and O–H groups in total. The number of pyridine rings is 1. The van der Waals surface area contributed by atoms with Gasteiger partial charge in [0, 0.05) is 12.6 Å². The van der Waals surface area contributed by atoms with Crippen molar-refractivity contribution in [1.29, 1.82) is 0 Å². The lowest BCUT2D eigenvalue weighted by atomic mass is 10.0.